The van der Waals surface area contributed by atoms with Gasteiger partial charge in [-0.15, -0.1) is 12.4 Å². The molecule has 1 N–H and O–H groups in total. The van der Waals surface area contributed by atoms with Crippen LogP contribution in [0.3, 0.4) is 0 Å². The Morgan fingerprint density at radius 3 is 2.20 bits per heavy atom. The first-order valence-corrected chi connectivity index (χ1v) is 8.26. The summed E-state index contributed by atoms with van der Waals surface area (Å²) in [6.07, 6.45) is 1.46. The van der Waals surface area contributed by atoms with Crippen LogP contribution in [-0.4, -0.2) is 32.9 Å². The molecule has 0 atom stereocenters. The number of piperidine rings is 1. The highest BCUT2D eigenvalue weighted by molar-refractivity contribution is 7.92. The Hall–Kier alpha value is -0.780. The van der Waals surface area contributed by atoms with E-state index in [4.69, 9.17) is 4.74 Å². The Morgan fingerprint density at radius 2 is 1.70 bits per heavy atom. The lowest BCUT2D eigenvalue weighted by Gasteiger charge is -2.22. The molecule has 20 heavy (non-hydrogen) atoms. The van der Waals surface area contributed by atoms with E-state index in [1.54, 1.807) is 24.3 Å². The highest BCUT2D eigenvalue weighted by Gasteiger charge is 2.28. The minimum absolute atomic E-state index is 0. The minimum atomic E-state index is -3.20. The van der Waals surface area contributed by atoms with Crippen LogP contribution in [0.15, 0.2) is 29.2 Å². The molecule has 0 aliphatic carbocycles. The Bertz CT molecular complexity index is 508. The van der Waals surface area contributed by atoms with Crippen LogP contribution in [0.2, 0.25) is 0 Å². The van der Waals surface area contributed by atoms with Gasteiger partial charge in [0.15, 0.2) is 9.84 Å². The molecule has 1 saturated heterocycles. The molecule has 6 heteroatoms. The molecule has 0 saturated carbocycles. The van der Waals surface area contributed by atoms with Crippen molar-refractivity contribution in [3.05, 3.63) is 24.3 Å². The van der Waals surface area contributed by atoms with E-state index in [2.05, 4.69) is 5.32 Å². The van der Waals surface area contributed by atoms with Gasteiger partial charge in [0.05, 0.1) is 16.2 Å². The SMILES string of the molecule is CC(C)Oc1ccc(S(=O)(=O)C2CCNCC2)cc1.Cl. The van der Waals surface area contributed by atoms with E-state index in [1.807, 2.05) is 13.8 Å². The summed E-state index contributed by atoms with van der Waals surface area (Å²) >= 11 is 0. The molecule has 1 aliphatic heterocycles. The Kier molecular flexibility index (Phi) is 6.30. The van der Waals surface area contributed by atoms with Gasteiger partial charge in [-0.25, -0.2) is 8.42 Å². The first-order chi connectivity index (χ1) is 9.00. The second kappa shape index (κ2) is 7.29. The fourth-order valence-electron chi connectivity index (χ4n) is 2.28. The van der Waals surface area contributed by atoms with Crippen LogP contribution in [0.4, 0.5) is 0 Å². The van der Waals surface area contributed by atoms with E-state index in [0.717, 1.165) is 13.1 Å². The summed E-state index contributed by atoms with van der Waals surface area (Å²) in [5, 5.41) is 2.93. The second-order valence-corrected chi connectivity index (χ2v) is 7.36. The van der Waals surface area contributed by atoms with Gasteiger partial charge in [-0.1, -0.05) is 0 Å². The summed E-state index contributed by atoms with van der Waals surface area (Å²) in [6.45, 7) is 5.44. The summed E-state index contributed by atoms with van der Waals surface area (Å²) in [5.41, 5.74) is 0. The average Bonchev–Trinajstić information content (AvgIpc) is 2.40. The van der Waals surface area contributed by atoms with Crippen LogP contribution in [0, 0.1) is 0 Å². The number of nitrogens with one attached hydrogen (secondary N) is 1. The van der Waals surface area contributed by atoms with E-state index >= 15 is 0 Å². The molecule has 1 aromatic rings. The third kappa shape index (κ3) is 4.11. The quantitative estimate of drug-likeness (QED) is 0.926. The van der Waals surface area contributed by atoms with Crippen molar-refractivity contribution in [1.82, 2.24) is 5.32 Å². The lowest BCUT2D eigenvalue weighted by molar-refractivity contribution is 0.242. The number of hydrogen-bond acceptors (Lipinski definition) is 4. The van der Waals surface area contributed by atoms with Crippen LogP contribution < -0.4 is 10.1 Å². The van der Waals surface area contributed by atoms with Crippen LogP contribution in [0.1, 0.15) is 26.7 Å². The number of hydrogen-bond donors (Lipinski definition) is 1. The molecule has 0 bridgehead atoms. The maximum absolute atomic E-state index is 12.5. The zero-order valence-corrected chi connectivity index (χ0v) is 13.5. The van der Waals surface area contributed by atoms with Crippen molar-refractivity contribution in [2.75, 3.05) is 13.1 Å². The largest absolute Gasteiger partial charge is 0.491 e. The summed E-state index contributed by atoms with van der Waals surface area (Å²) in [4.78, 5) is 0.399. The van der Waals surface area contributed by atoms with Gasteiger partial charge in [-0.05, 0) is 64.0 Å². The van der Waals surface area contributed by atoms with Crippen molar-refractivity contribution in [2.45, 2.75) is 42.9 Å². The smallest absolute Gasteiger partial charge is 0.181 e. The van der Waals surface area contributed by atoms with Gasteiger partial charge >= 0.3 is 0 Å². The van der Waals surface area contributed by atoms with Gasteiger partial charge in [0.25, 0.3) is 0 Å². The van der Waals surface area contributed by atoms with Gasteiger partial charge in [0.1, 0.15) is 5.75 Å². The molecule has 1 fully saturated rings. The van der Waals surface area contributed by atoms with Gasteiger partial charge in [0, 0.05) is 0 Å². The molecular formula is C14H22ClNO3S. The fraction of sp³-hybridized carbons (Fsp3) is 0.571. The standard InChI is InChI=1S/C14H21NO3S.ClH/c1-11(2)18-12-3-5-13(6-4-12)19(16,17)14-7-9-15-10-8-14;/h3-6,11,14-15H,7-10H2,1-2H3;1H. The summed E-state index contributed by atoms with van der Waals surface area (Å²) in [6, 6.07) is 6.76. The summed E-state index contributed by atoms with van der Waals surface area (Å²) < 4.78 is 30.4. The molecule has 0 amide bonds. The zero-order chi connectivity index (χ0) is 13.9. The highest BCUT2D eigenvalue weighted by atomic mass is 35.5. The summed E-state index contributed by atoms with van der Waals surface area (Å²) in [7, 11) is -3.20. The third-order valence-corrected chi connectivity index (χ3v) is 5.53. The van der Waals surface area contributed by atoms with Gasteiger partial charge in [-0.3, -0.25) is 0 Å². The van der Waals surface area contributed by atoms with Gasteiger partial charge in [-0.2, -0.15) is 0 Å². The lowest BCUT2D eigenvalue weighted by Crippen LogP contribution is -2.35. The van der Waals surface area contributed by atoms with Crippen molar-refractivity contribution < 1.29 is 13.2 Å². The van der Waals surface area contributed by atoms with Crippen LogP contribution >= 0.6 is 12.4 Å². The number of ether oxygens (including phenoxy) is 1. The van der Waals surface area contributed by atoms with Crippen molar-refractivity contribution in [3.8, 4) is 5.75 Å². The Morgan fingerprint density at radius 1 is 1.15 bits per heavy atom. The van der Waals surface area contributed by atoms with Crippen molar-refractivity contribution in [3.63, 3.8) is 0 Å². The maximum Gasteiger partial charge on any atom is 0.181 e. The van der Waals surface area contributed by atoms with E-state index in [-0.39, 0.29) is 23.8 Å². The molecule has 2 rings (SSSR count). The maximum atomic E-state index is 12.5. The Labute approximate surface area is 127 Å². The molecule has 0 unspecified atom stereocenters. The number of rotatable bonds is 4. The predicted octanol–water partition coefficient (Wildman–Crippen LogP) is 2.42. The molecule has 4 nitrogen and oxygen atoms in total. The van der Waals surface area contributed by atoms with E-state index in [0.29, 0.717) is 23.5 Å². The van der Waals surface area contributed by atoms with Gasteiger partial charge in [0.2, 0.25) is 0 Å². The predicted molar refractivity (Wildman–Crippen MR) is 82.5 cm³/mol. The highest BCUT2D eigenvalue weighted by Crippen LogP contribution is 2.24. The molecule has 0 aromatic heterocycles. The van der Waals surface area contributed by atoms with Crippen molar-refractivity contribution in [2.24, 2.45) is 0 Å². The number of halogens is 1. The summed E-state index contributed by atoms with van der Waals surface area (Å²) in [5.74, 6) is 0.708. The molecule has 1 aromatic carbocycles. The molecule has 0 radical (unpaired) electrons. The fourth-order valence-corrected chi connectivity index (χ4v) is 4.03. The monoisotopic (exact) mass is 319 g/mol. The van der Waals surface area contributed by atoms with E-state index in [1.165, 1.54) is 0 Å². The normalized spacial score (nSPS) is 16.8. The molecule has 1 aliphatic rings. The van der Waals surface area contributed by atoms with Crippen molar-refractivity contribution in [1.29, 1.82) is 0 Å². The zero-order valence-electron chi connectivity index (χ0n) is 11.8. The van der Waals surface area contributed by atoms with Crippen molar-refractivity contribution >= 4 is 22.2 Å². The third-order valence-electron chi connectivity index (χ3n) is 3.25. The first-order valence-electron chi connectivity index (χ1n) is 6.71. The minimum Gasteiger partial charge on any atom is -0.491 e. The number of sulfone groups is 1. The lowest BCUT2D eigenvalue weighted by atomic mass is 10.2. The Balaban J connectivity index is 0.00000200. The molecular weight excluding hydrogens is 298 g/mol. The van der Waals surface area contributed by atoms with Crippen LogP contribution in [0.5, 0.6) is 5.75 Å². The van der Waals surface area contributed by atoms with Gasteiger partial charge < -0.3 is 10.1 Å². The molecule has 1 heterocycles. The average molecular weight is 320 g/mol. The number of benzene rings is 1. The second-order valence-electron chi connectivity index (χ2n) is 5.13. The van der Waals surface area contributed by atoms with Crippen LogP contribution in [-0.2, 0) is 9.84 Å². The topological polar surface area (TPSA) is 55.4 Å². The molecule has 114 valence electrons. The van der Waals surface area contributed by atoms with E-state index < -0.39 is 9.84 Å². The molecule has 0 spiro atoms. The first kappa shape index (κ1) is 17.3. The van der Waals surface area contributed by atoms with Crippen LogP contribution in [0.25, 0.3) is 0 Å². The van der Waals surface area contributed by atoms with E-state index in [9.17, 15) is 8.42 Å².